The average Bonchev–Trinajstić information content (AvgIpc) is 2.91. The van der Waals surface area contributed by atoms with Crippen LogP contribution in [0.1, 0.15) is 64.2 Å². The molecule has 0 aromatic carbocycles. The summed E-state index contributed by atoms with van der Waals surface area (Å²) in [6, 6.07) is 0. The number of hydrogen-bond donors (Lipinski definition) is 4. The molecule has 0 unspecified atom stereocenters. The lowest BCUT2D eigenvalue weighted by atomic mass is 10.1. The first-order chi connectivity index (χ1) is 19.0. The number of alkyl halides is 1. The van der Waals surface area contributed by atoms with Gasteiger partial charge >= 0.3 is 5.97 Å². The van der Waals surface area contributed by atoms with Crippen molar-refractivity contribution in [3.63, 3.8) is 0 Å². The maximum Gasteiger partial charge on any atom is 0.329 e. The molecule has 0 saturated heterocycles. The zero-order valence-electron chi connectivity index (χ0n) is 23.1. The molecule has 0 bridgehead atoms. The van der Waals surface area contributed by atoms with E-state index in [1.54, 1.807) is 0 Å². The van der Waals surface area contributed by atoms with Crippen LogP contribution in [0.3, 0.4) is 0 Å². The van der Waals surface area contributed by atoms with Crippen molar-refractivity contribution in [2.45, 2.75) is 64.2 Å². The van der Waals surface area contributed by atoms with Crippen molar-refractivity contribution in [2.75, 3.05) is 76.9 Å². The fourth-order valence-corrected chi connectivity index (χ4v) is 3.62. The summed E-state index contributed by atoms with van der Waals surface area (Å²) in [5.74, 6) is -1.14. The fourth-order valence-electron chi connectivity index (χ4n) is 3.35. The molecule has 0 aromatic heterocycles. The van der Waals surface area contributed by atoms with E-state index in [0.717, 1.165) is 38.6 Å². The van der Waals surface area contributed by atoms with Crippen LogP contribution in [-0.4, -0.2) is 106 Å². The van der Waals surface area contributed by atoms with E-state index in [1.165, 1.54) is 25.7 Å². The lowest BCUT2D eigenvalue weighted by Crippen LogP contribution is -2.31. The standard InChI is InChI=1S/C26H48IN3O9/c27-20-24(32)28-11-9-7-5-3-1-2-4-6-8-10-23(31)29-12-14-36-16-18-38-21-25(33)30-13-15-37-17-19-39-22-26(34)35/h1-22H2,(H,28,32)(H,29,31)(H,30,33)(H,34,35). The van der Waals surface area contributed by atoms with E-state index >= 15 is 0 Å². The second kappa shape index (κ2) is 29.4. The minimum absolute atomic E-state index is 0.0398. The summed E-state index contributed by atoms with van der Waals surface area (Å²) >= 11 is 2.07. The molecule has 0 aliphatic carbocycles. The smallest absolute Gasteiger partial charge is 0.329 e. The molecule has 3 amide bonds. The predicted octanol–water partition coefficient (Wildman–Crippen LogP) is 1.82. The minimum atomic E-state index is -1.03. The Balaban J connectivity index is 3.28. The molecule has 12 nitrogen and oxygen atoms in total. The molecule has 0 rings (SSSR count). The van der Waals surface area contributed by atoms with Gasteiger partial charge in [0.25, 0.3) is 0 Å². The Labute approximate surface area is 246 Å². The molecule has 0 saturated carbocycles. The largest absolute Gasteiger partial charge is 0.480 e. The van der Waals surface area contributed by atoms with Gasteiger partial charge < -0.3 is 40.0 Å². The maximum atomic E-state index is 11.9. The number of nitrogens with one attached hydrogen (secondary N) is 3. The molecule has 0 spiro atoms. The van der Waals surface area contributed by atoms with Crippen LogP contribution in [0, 0.1) is 0 Å². The number of carbonyl (C=O) groups excluding carboxylic acids is 3. The van der Waals surface area contributed by atoms with Gasteiger partial charge in [0.15, 0.2) is 0 Å². The first-order valence-corrected chi connectivity index (χ1v) is 15.4. The number of carboxylic acid groups (broad SMARTS) is 1. The number of unbranched alkanes of at least 4 members (excludes halogenated alkanes) is 8. The van der Waals surface area contributed by atoms with E-state index < -0.39 is 5.97 Å². The highest BCUT2D eigenvalue weighted by Crippen LogP contribution is 2.10. The molecule has 228 valence electrons. The van der Waals surface area contributed by atoms with Crippen molar-refractivity contribution >= 4 is 46.3 Å². The highest BCUT2D eigenvalue weighted by Gasteiger charge is 2.03. The lowest BCUT2D eigenvalue weighted by Gasteiger charge is -2.08. The summed E-state index contributed by atoms with van der Waals surface area (Å²) in [4.78, 5) is 44.9. The van der Waals surface area contributed by atoms with Gasteiger partial charge in [-0.15, -0.1) is 0 Å². The number of carbonyl (C=O) groups is 4. The van der Waals surface area contributed by atoms with Crippen LogP contribution in [0.25, 0.3) is 0 Å². The molecule has 0 heterocycles. The SMILES string of the molecule is O=C(O)COCCOCCNC(=O)COCCOCCNC(=O)CCCCCCCCCCCNC(=O)CI. The van der Waals surface area contributed by atoms with Gasteiger partial charge in [-0.05, 0) is 12.8 Å². The minimum Gasteiger partial charge on any atom is -0.480 e. The fraction of sp³-hybridized carbons (Fsp3) is 0.846. The van der Waals surface area contributed by atoms with Gasteiger partial charge in [0.2, 0.25) is 17.7 Å². The van der Waals surface area contributed by atoms with Crippen LogP contribution < -0.4 is 16.0 Å². The molecular formula is C26H48IN3O9. The van der Waals surface area contributed by atoms with Crippen LogP contribution in [0.4, 0.5) is 0 Å². The van der Waals surface area contributed by atoms with Gasteiger partial charge in [-0.2, -0.15) is 0 Å². The van der Waals surface area contributed by atoms with Crippen LogP contribution in [0.5, 0.6) is 0 Å². The van der Waals surface area contributed by atoms with Crippen molar-refractivity contribution < 1.29 is 43.2 Å². The summed E-state index contributed by atoms with van der Waals surface area (Å²) in [5.41, 5.74) is 0. The molecule has 0 aliphatic heterocycles. The van der Waals surface area contributed by atoms with Gasteiger partial charge in [-0.25, -0.2) is 4.79 Å². The first kappa shape index (κ1) is 37.5. The third kappa shape index (κ3) is 30.8. The van der Waals surface area contributed by atoms with E-state index in [-0.39, 0.29) is 50.8 Å². The second-order valence-corrected chi connectivity index (χ2v) is 9.60. The van der Waals surface area contributed by atoms with Gasteiger partial charge in [0, 0.05) is 26.1 Å². The van der Waals surface area contributed by atoms with Gasteiger partial charge in [0.05, 0.1) is 44.1 Å². The van der Waals surface area contributed by atoms with E-state index in [9.17, 15) is 19.2 Å². The molecule has 0 atom stereocenters. The van der Waals surface area contributed by atoms with E-state index in [4.69, 9.17) is 24.1 Å². The van der Waals surface area contributed by atoms with Gasteiger partial charge in [0.1, 0.15) is 13.2 Å². The van der Waals surface area contributed by atoms with Crippen LogP contribution in [-0.2, 0) is 38.1 Å². The summed E-state index contributed by atoms with van der Waals surface area (Å²) in [7, 11) is 0. The van der Waals surface area contributed by atoms with Crippen LogP contribution in [0.15, 0.2) is 0 Å². The Hall–Kier alpha value is -1.55. The molecule has 0 fully saturated rings. The Morgan fingerprint density at radius 2 is 0.974 bits per heavy atom. The van der Waals surface area contributed by atoms with Crippen molar-refractivity contribution in [2.24, 2.45) is 0 Å². The summed E-state index contributed by atoms with van der Waals surface area (Å²) in [6.45, 7) is 2.82. The topological polar surface area (TPSA) is 162 Å². The monoisotopic (exact) mass is 673 g/mol. The summed E-state index contributed by atoms with van der Waals surface area (Å²) < 4.78 is 21.2. The Bertz CT molecular complexity index is 642. The first-order valence-electron chi connectivity index (χ1n) is 13.8. The second-order valence-electron chi connectivity index (χ2n) is 8.84. The van der Waals surface area contributed by atoms with Crippen LogP contribution >= 0.6 is 22.6 Å². The molecule has 0 aromatic rings. The van der Waals surface area contributed by atoms with Gasteiger partial charge in [-0.3, -0.25) is 14.4 Å². The molecule has 39 heavy (non-hydrogen) atoms. The predicted molar refractivity (Wildman–Crippen MR) is 155 cm³/mol. The van der Waals surface area contributed by atoms with Crippen LogP contribution in [0.2, 0.25) is 0 Å². The number of carboxylic acids is 1. The molecule has 13 heteroatoms. The zero-order valence-corrected chi connectivity index (χ0v) is 25.3. The third-order valence-electron chi connectivity index (χ3n) is 5.36. The van der Waals surface area contributed by atoms with Crippen molar-refractivity contribution in [1.29, 1.82) is 0 Å². The number of ether oxygens (including phenoxy) is 4. The highest BCUT2D eigenvalue weighted by atomic mass is 127. The summed E-state index contributed by atoms with van der Waals surface area (Å²) in [5, 5.41) is 16.8. The number of rotatable bonds is 29. The normalized spacial score (nSPS) is 10.8. The van der Waals surface area contributed by atoms with Crippen molar-refractivity contribution in [3.8, 4) is 0 Å². The quantitative estimate of drug-likeness (QED) is 0.0528. The van der Waals surface area contributed by atoms with Crippen molar-refractivity contribution in [1.82, 2.24) is 16.0 Å². The maximum absolute atomic E-state index is 11.9. The third-order valence-corrected chi connectivity index (χ3v) is 6.06. The van der Waals surface area contributed by atoms with Crippen molar-refractivity contribution in [3.05, 3.63) is 0 Å². The van der Waals surface area contributed by atoms with Gasteiger partial charge in [-0.1, -0.05) is 67.5 Å². The number of halogens is 1. The molecular weight excluding hydrogens is 625 g/mol. The molecule has 0 radical (unpaired) electrons. The Morgan fingerprint density at radius 3 is 1.54 bits per heavy atom. The van der Waals surface area contributed by atoms with E-state index in [0.29, 0.717) is 43.8 Å². The zero-order chi connectivity index (χ0) is 28.8. The highest BCUT2D eigenvalue weighted by molar-refractivity contribution is 14.1. The summed E-state index contributed by atoms with van der Waals surface area (Å²) in [6.07, 6.45) is 10.7. The van der Waals surface area contributed by atoms with E-state index in [1.807, 2.05) is 0 Å². The molecule has 0 aliphatic rings. The Morgan fingerprint density at radius 1 is 0.513 bits per heavy atom. The number of aliphatic carboxylic acids is 1. The molecule has 4 N–H and O–H groups in total. The Kier molecular flexibility index (Phi) is 28.3. The number of hydrogen-bond acceptors (Lipinski definition) is 8. The number of amides is 3. The average molecular weight is 674 g/mol. The van der Waals surface area contributed by atoms with E-state index in [2.05, 4.69) is 38.5 Å². The lowest BCUT2D eigenvalue weighted by molar-refractivity contribution is -0.142.